The number of hydrogen-bond acceptors (Lipinski definition) is 3. The van der Waals surface area contributed by atoms with E-state index in [2.05, 4.69) is 17.6 Å². The highest BCUT2D eigenvalue weighted by molar-refractivity contribution is 6.09. The van der Waals surface area contributed by atoms with E-state index in [0.717, 1.165) is 18.6 Å². The molecule has 1 unspecified atom stereocenters. The Balaban J connectivity index is 2.09. The Kier molecular flexibility index (Phi) is 7.21. The van der Waals surface area contributed by atoms with Gasteiger partial charge in [-0.2, -0.15) is 0 Å². The maximum atomic E-state index is 12.5. The summed E-state index contributed by atoms with van der Waals surface area (Å²) >= 11 is 0. The maximum absolute atomic E-state index is 12.5. The van der Waals surface area contributed by atoms with Crippen LogP contribution in [0.3, 0.4) is 0 Å². The zero-order valence-electron chi connectivity index (χ0n) is 15.5. The summed E-state index contributed by atoms with van der Waals surface area (Å²) in [5, 5.41) is 5.64. The fourth-order valence-electron chi connectivity index (χ4n) is 2.32. The minimum Gasteiger partial charge on any atom is -0.491 e. The first-order chi connectivity index (χ1) is 12.5. The molecule has 0 heterocycles. The molecule has 0 aromatic heterocycles. The van der Waals surface area contributed by atoms with Crippen LogP contribution in [0.25, 0.3) is 0 Å². The minimum absolute atomic E-state index is 0.128. The lowest BCUT2D eigenvalue weighted by Crippen LogP contribution is -2.25. The van der Waals surface area contributed by atoms with Crippen molar-refractivity contribution in [2.75, 3.05) is 11.9 Å². The molecule has 0 spiro atoms. The van der Waals surface area contributed by atoms with E-state index in [4.69, 9.17) is 4.74 Å². The van der Waals surface area contributed by atoms with Gasteiger partial charge in [-0.05, 0) is 56.2 Å². The van der Waals surface area contributed by atoms with Crippen molar-refractivity contribution >= 4 is 17.5 Å². The molecule has 0 aliphatic heterocycles. The van der Waals surface area contributed by atoms with Crippen molar-refractivity contribution in [1.29, 1.82) is 0 Å². The minimum atomic E-state index is -0.268. The number of nitrogens with one attached hydrogen (secondary N) is 2. The lowest BCUT2D eigenvalue weighted by atomic mass is 10.1. The molecular weight excluding hydrogens is 328 g/mol. The van der Waals surface area contributed by atoms with Gasteiger partial charge < -0.3 is 15.4 Å². The number of anilines is 1. The largest absolute Gasteiger partial charge is 0.491 e. The second-order valence-corrected chi connectivity index (χ2v) is 6.12. The second kappa shape index (κ2) is 9.61. The highest BCUT2D eigenvalue weighted by atomic mass is 16.5. The van der Waals surface area contributed by atoms with Crippen LogP contribution in [0.1, 0.15) is 54.3 Å². The number of hydrogen-bond donors (Lipinski definition) is 2. The average Bonchev–Trinajstić information content (AvgIpc) is 2.66. The number of ether oxygens (including phenoxy) is 1. The van der Waals surface area contributed by atoms with Crippen LogP contribution in [0.5, 0.6) is 5.75 Å². The number of amides is 2. The Labute approximate surface area is 154 Å². The lowest BCUT2D eigenvalue weighted by molar-refractivity contribution is 0.0954. The topological polar surface area (TPSA) is 67.4 Å². The van der Waals surface area contributed by atoms with Crippen molar-refractivity contribution < 1.29 is 14.3 Å². The number of rotatable bonds is 8. The summed E-state index contributed by atoms with van der Waals surface area (Å²) in [7, 11) is 0. The molecule has 0 saturated carbocycles. The number of carbonyl (C=O) groups excluding carboxylic acids is 2. The summed E-state index contributed by atoms with van der Waals surface area (Å²) in [6.45, 7) is 6.64. The predicted molar refractivity (Wildman–Crippen MR) is 104 cm³/mol. The third-order valence-corrected chi connectivity index (χ3v) is 3.98. The first-order valence-corrected chi connectivity index (χ1v) is 9.00. The standard InChI is InChI=1S/C21H26N2O3/c1-4-14-22-21(25)18-8-6-7-9-19(18)23-20(24)16-10-12-17(13-11-16)26-15(3)5-2/h6-13,15H,4-5,14H2,1-3H3,(H,22,25)(H,23,24). The van der Waals surface area contributed by atoms with Gasteiger partial charge in [-0.15, -0.1) is 0 Å². The fourth-order valence-corrected chi connectivity index (χ4v) is 2.32. The molecule has 0 radical (unpaired) electrons. The number of benzene rings is 2. The summed E-state index contributed by atoms with van der Waals surface area (Å²) in [6, 6.07) is 14.0. The molecule has 2 N–H and O–H groups in total. The summed E-state index contributed by atoms with van der Waals surface area (Å²) in [6.07, 6.45) is 1.90. The number of carbonyl (C=O) groups is 2. The molecule has 0 aliphatic rings. The Morgan fingerprint density at radius 1 is 1.00 bits per heavy atom. The third kappa shape index (κ3) is 5.34. The van der Waals surface area contributed by atoms with Crippen molar-refractivity contribution in [3.05, 3.63) is 59.7 Å². The zero-order chi connectivity index (χ0) is 18.9. The van der Waals surface area contributed by atoms with Gasteiger partial charge in [0.2, 0.25) is 0 Å². The molecule has 5 nitrogen and oxygen atoms in total. The van der Waals surface area contributed by atoms with Crippen molar-refractivity contribution in [2.45, 2.75) is 39.7 Å². The first-order valence-electron chi connectivity index (χ1n) is 9.00. The molecule has 2 aromatic carbocycles. The highest BCUT2D eigenvalue weighted by Crippen LogP contribution is 2.18. The molecule has 0 saturated heterocycles. The van der Waals surface area contributed by atoms with E-state index in [0.29, 0.717) is 23.4 Å². The van der Waals surface area contributed by atoms with Crippen molar-refractivity contribution in [3.8, 4) is 5.75 Å². The Morgan fingerprint density at radius 2 is 1.69 bits per heavy atom. The summed E-state index contributed by atoms with van der Waals surface area (Å²) in [5.74, 6) is 0.270. The van der Waals surface area contributed by atoms with Crippen LogP contribution >= 0.6 is 0 Å². The van der Waals surface area contributed by atoms with Gasteiger partial charge in [-0.1, -0.05) is 26.0 Å². The molecule has 0 bridgehead atoms. The van der Waals surface area contributed by atoms with Crippen molar-refractivity contribution in [3.63, 3.8) is 0 Å². The van der Waals surface area contributed by atoms with E-state index in [1.807, 2.05) is 13.8 Å². The predicted octanol–water partition coefficient (Wildman–Crippen LogP) is 4.26. The molecule has 2 rings (SSSR count). The molecular formula is C21H26N2O3. The first kappa shape index (κ1) is 19.5. The van der Waals surface area contributed by atoms with E-state index in [-0.39, 0.29) is 17.9 Å². The van der Waals surface area contributed by atoms with Crippen LogP contribution < -0.4 is 15.4 Å². The smallest absolute Gasteiger partial charge is 0.255 e. The van der Waals surface area contributed by atoms with Crippen molar-refractivity contribution in [2.24, 2.45) is 0 Å². The van der Waals surface area contributed by atoms with Crippen LogP contribution in [0, 0.1) is 0 Å². The molecule has 5 heteroatoms. The Bertz CT molecular complexity index is 741. The van der Waals surface area contributed by atoms with Crippen LogP contribution in [0.2, 0.25) is 0 Å². The van der Waals surface area contributed by atoms with Gasteiger partial charge in [-0.25, -0.2) is 0 Å². The molecule has 0 fully saturated rings. The second-order valence-electron chi connectivity index (χ2n) is 6.12. The van der Waals surface area contributed by atoms with Gasteiger partial charge in [0, 0.05) is 12.1 Å². The van der Waals surface area contributed by atoms with Gasteiger partial charge in [0.1, 0.15) is 5.75 Å². The van der Waals surface area contributed by atoms with E-state index >= 15 is 0 Å². The lowest BCUT2D eigenvalue weighted by Gasteiger charge is -2.13. The SMILES string of the molecule is CCCNC(=O)c1ccccc1NC(=O)c1ccc(OC(C)CC)cc1. The molecule has 26 heavy (non-hydrogen) atoms. The summed E-state index contributed by atoms with van der Waals surface area (Å²) in [5.41, 5.74) is 1.45. The van der Waals surface area contributed by atoms with Gasteiger partial charge in [0.05, 0.1) is 17.4 Å². The van der Waals surface area contributed by atoms with Crippen LogP contribution in [-0.2, 0) is 0 Å². The normalized spacial score (nSPS) is 11.5. The van der Waals surface area contributed by atoms with Gasteiger partial charge in [-0.3, -0.25) is 9.59 Å². The van der Waals surface area contributed by atoms with Crippen LogP contribution in [-0.4, -0.2) is 24.5 Å². The monoisotopic (exact) mass is 354 g/mol. The molecule has 138 valence electrons. The van der Waals surface area contributed by atoms with Gasteiger partial charge in [0.15, 0.2) is 0 Å². The molecule has 0 aliphatic carbocycles. The summed E-state index contributed by atoms with van der Waals surface area (Å²) in [4.78, 5) is 24.7. The molecule has 2 aromatic rings. The highest BCUT2D eigenvalue weighted by Gasteiger charge is 2.14. The van der Waals surface area contributed by atoms with E-state index in [9.17, 15) is 9.59 Å². The summed E-state index contributed by atoms with van der Waals surface area (Å²) < 4.78 is 5.72. The zero-order valence-corrected chi connectivity index (χ0v) is 15.5. The molecule has 2 amide bonds. The van der Waals surface area contributed by atoms with Gasteiger partial charge in [0.25, 0.3) is 11.8 Å². The fraction of sp³-hybridized carbons (Fsp3) is 0.333. The Hall–Kier alpha value is -2.82. The van der Waals surface area contributed by atoms with E-state index in [1.165, 1.54) is 0 Å². The number of para-hydroxylation sites is 1. The van der Waals surface area contributed by atoms with Crippen LogP contribution in [0.15, 0.2) is 48.5 Å². The van der Waals surface area contributed by atoms with Gasteiger partial charge >= 0.3 is 0 Å². The third-order valence-electron chi connectivity index (χ3n) is 3.98. The maximum Gasteiger partial charge on any atom is 0.255 e. The van der Waals surface area contributed by atoms with E-state index < -0.39 is 0 Å². The molecule has 1 atom stereocenters. The average molecular weight is 354 g/mol. The van der Waals surface area contributed by atoms with Crippen molar-refractivity contribution in [1.82, 2.24) is 5.32 Å². The quantitative estimate of drug-likeness (QED) is 0.744. The van der Waals surface area contributed by atoms with Crippen LogP contribution in [0.4, 0.5) is 5.69 Å². The Morgan fingerprint density at radius 3 is 2.35 bits per heavy atom. The van der Waals surface area contributed by atoms with E-state index in [1.54, 1.807) is 48.5 Å².